The van der Waals surface area contributed by atoms with Crippen LogP contribution in [0.25, 0.3) is 11.1 Å². The average molecular weight is 738 g/mol. The molecule has 4 aromatic rings. The third-order valence-corrected chi connectivity index (χ3v) is 10.4. The monoisotopic (exact) mass is 737 g/mol. The topological polar surface area (TPSA) is 156 Å². The molecular formula is C40H44ClN7O5. The van der Waals surface area contributed by atoms with Crippen LogP contribution in [0.2, 0.25) is 5.02 Å². The van der Waals surface area contributed by atoms with E-state index in [4.69, 9.17) is 21.1 Å². The van der Waals surface area contributed by atoms with Gasteiger partial charge in [-0.15, -0.1) is 0 Å². The molecule has 3 aliphatic rings. The maximum absolute atomic E-state index is 13.5. The van der Waals surface area contributed by atoms with Crippen LogP contribution in [0.4, 0.5) is 5.82 Å². The first-order valence-corrected chi connectivity index (χ1v) is 18.5. The minimum absolute atomic E-state index is 0.0856. The Morgan fingerprint density at radius 2 is 1.60 bits per heavy atom. The number of carbonyl (C=O) groups excluding carboxylic acids is 3. The Morgan fingerprint density at radius 1 is 0.887 bits per heavy atom. The highest BCUT2D eigenvalue weighted by Gasteiger charge is 2.29. The molecule has 2 fully saturated rings. The summed E-state index contributed by atoms with van der Waals surface area (Å²) in [5.74, 6) is 1.17. The van der Waals surface area contributed by atoms with Crippen LogP contribution < -0.4 is 36.1 Å². The Labute approximate surface area is 313 Å². The van der Waals surface area contributed by atoms with Crippen LogP contribution in [0.3, 0.4) is 0 Å². The number of carbonyl (C=O) groups is 3. The lowest BCUT2D eigenvalue weighted by atomic mass is 9.91. The fourth-order valence-corrected chi connectivity index (χ4v) is 7.62. The summed E-state index contributed by atoms with van der Waals surface area (Å²) >= 11 is 6.71. The van der Waals surface area contributed by atoms with Gasteiger partial charge in [-0.25, -0.2) is 4.98 Å². The summed E-state index contributed by atoms with van der Waals surface area (Å²) in [5, 5.41) is 16.0. The van der Waals surface area contributed by atoms with Gasteiger partial charge in [0.2, 0.25) is 23.6 Å². The van der Waals surface area contributed by atoms with Gasteiger partial charge in [0.1, 0.15) is 16.9 Å². The number of anilines is 1. The molecule has 0 saturated carbocycles. The quantitative estimate of drug-likeness (QED) is 0.118. The smallest absolute Gasteiger partial charge is 0.257 e. The number of nitrogens with one attached hydrogen (secondary N) is 5. The number of rotatable bonds is 14. The van der Waals surface area contributed by atoms with Crippen LogP contribution in [0.1, 0.15) is 76.4 Å². The Morgan fingerprint density at radius 3 is 2.28 bits per heavy atom. The molecule has 2 aliphatic heterocycles. The molecule has 2 unspecified atom stereocenters. The molecule has 3 amide bonds. The lowest BCUT2D eigenvalue weighted by molar-refractivity contribution is -0.120. The van der Waals surface area contributed by atoms with Crippen LogP contribution in [-0.2, 0) is 29.1 Å². The predicted octanol–water partition coefficient (Wildman–Crippen LogP) is 5.17. The first kappa shape index (κ1) is 36.3. The highest BCUT2D eigenvalue weighted by molar-refractivity contribution is 6.31. The number of fused-ring (bicyclic) bond motifs is 1. The zero-order valence-electron chi connectivity index (χ0n) is 29.9. The van der Waals surface area contributed by atoms with Gasteiger partial charge in [0, 0.05) is 68.4 Å². The first-order chi connectivity index (χ1) is 25.7. The number of benzene rings is 2. The van der Waals surface area contributed by atoms with Crippen molar-refractivity contribution in [1.29, 1.82) is 0 Å². The minimum atomic E-state index is -0.255. The molecule has 0 radical (unpaired) electrons. The SMILES string of the molecule is COc1nc(O[C@H]2CCc3c(-c4cccc(C(=O)Nc5ccc(CNCC6CCC(=O)N6)cn5)c4C)cccc32)c(Cl)cc1CNCC1CCC(=O)N1. The number of ether oxygens (including phenoxy) is 2. The molecule has 276 valence electrons. The highest BCUT2D eigenvalue weighted by Crippen LogP contribution is 2.42. The van der Waals surface area contributed by atoms with Crippen molar-refractivity contribution in [2.45, 2.75) is 76.7 Å². The van der Waals surface area contributed by atoms with Crippen molar-refractivity contribution in [2.75, 3.05) is 25.5 Å². The molecule has 0 spiro atoms. The van der Waals surface area contributed by atoms with Crippen molar-refractivity contribution >= 4 is 35.1 Å². The number of halogens is 1. The first-order valence-electron chi connectivity index (χ1n) is 18.1. The summed E-state index contributed by atoms with van der Waals surface area (Å²) in [7, 11) is 1.57. The van der Waals surface area contributed by atoms with Crippen molar-refractivity contribution in [1.82, 2.24) is 31.2 Å². The van der Waals surface area contributed by atoms with Crippen LogP contribution >= 0.6 is 11.6 Å². The van der Waals surface area contributed by atoms with Gasteiger partial charge in [0.05, 0.1) is 7.11 Å². The van der Waals surface area contributed by atoms with Crippen molar-refractivity contribution < 1.29 is 23.9 Å². The van der Waals surface area contributed by atoms with E-state index in [0.717, 1.165) is 59.1 Å². The van der Waals surface area contributed by atoms with Gasteiger partial charge >= 0.3 is 0 Å². The van der Waals surface area contributed by atoms with Crippen molar-refractivity contribution in [2.24, 2.45) is 0 Å². The van der Waals surface area contributed by atoms with Crippen molar-refractivity contribution in [3.8, 4) is 22.9 Å². The van der Waals surface area contributed by atoms with E-state index in [-0.39, 0.29) is 35.9 Å². The maximum Gasteiger partial charge on any atom is 0.257 e. The number of hydrogen-bond acceptors (Lipinski definition) is 9. The van der Waals surface area contributed by atoms with E-state index in [9.17, 15) is 14.4 Å². The van der Waals surface area contributed by atoms with Crippen LogP contribution in [-0.4, -0.2) is 60.0 Å². The normalized spacial score (nSPS) is 19.1. The predicted molar refractivity (Wildman–Crippen MR) is 202 cm³/mol. The molecular weight excluding hydrogens is 694 g/mol. The van der Waals surface area contributed by atoms with Gasteiger partial charge < -0.3 is 36.1 Å². The maximum atomic E-state index is 13.5. The number of nitrogens with zero attached hydrogens (tertiary/aromatic N) is 2. The van der Waals surface area contributed by atoms with E-state index in [2.05, 4.69) is 48.7 Å². The zero-order chi connectivity index (χ0) is 36.9. The molecule has 5 N–H and O–H groups in total. The lowest BCUT2D eigenvalue weighted by Gasteiger charge is -2.19. The number of aromatic nitrogens is 2. The number of amides is 3. The van der Waals surface area contributed by atoms with E-state index in [1.807, 2.05) is 43.3 Å². The molecule has 13 heteroatoms. The molecule has 1 aliphatic carbocycles. The lowest BCUT2D eigenvalue weighted by Crippen LogP contribution is -2.35. The standard InChI is InChI=1S/C40H44ClN7O5/c1-23-28(5-3-6-29(23)38(51)47-35-14-9-24(19-44-35)18-42-21-26-10-15-36(49)45-26)30-7-4-8-32-31(30)12-13-34(32)53-40-33(41)17-25(39(48-40)52-2)20-43-22-27-11-16-37(50)46-27/h3-9,14,17,19,26-27,34,42-43H,10-13,15-16,18,20-22H2,1-2H3,(H,45,49)(H,46,50)(H,44,47,51)/t26?,27?,34-/m0/s1. The number of hydrogen-bond donors (Lipinski definition) is 5. The highest BCUT2D eigenvalue weighted by atomic mass is 35.5. The van der Waals surface area contributed by atoms with Gasteiger partial charge in [0.25, 0.3) is 5.91 Å². The van der Waals surface area contributed by atoms with E-state index in [1.165, 1.54) is 5.56 Å². The van der Waals surface area contributed by atoms with E-state index in [1.54, 1.807) is 19.4 Å². The van der Waals surface area contributed by atoms with Gasteiger partial charge in [-0.1, -0.05) is 48.0 Å². The fraction of sp³-hybridized carbons (Fsp3) is 0.375. The van der Waals surface area contributed by atoms with E-state index < -0.39 is 0 Å². The van der Waals surface area contributed by atoms with Gasteiger partial charge in [0.15, 0.2) is 0 Å². The Kier molecular flexibility index (Phi) is 11.2. The minimum Gasteiger partial charge on any atom is -0.481 e. The second-order valence-electron chi connectivity index (χ2n) is 13.8. The summed E-state index contributed by atoms with van der Waals surface area (Å²) in [4.78, 5) is 45.6. The van der Waals surface area contributed by atoms with Gasteiger partial charge in [-0.3, -0.25) is 14.4 Å². The summed E-state index contributed by atoms with van der Waals surface area (Å²) < 4.78 is 12.1. The second-order valence-corrected chi connectivity index (χ2v) is 14.2. The van der Waals surface area contributed by atoms with E-state index in [0.29, 0.717) is 67.2 Å². The summed E-state index contributed by atoms with van der Waals surface area (Å²) in [6, 6.07) is 17.8. The largest absolute Gasteiger partial charge is 0.481 e. The summed E-state index contributed by atoms with van der Waals surface area (Å²) in [6.45, 7) is 4.43. The molecule has 12 nitrogen and oxygen atoms in total. The molecule has 2 aromatic heterocycles. The third kappa shape index (κ3) is 8.45. The summed E-state index contributed by atoms with van der Waals surface area (Å²) in [6.07, 6.45) is 5.83. The number of pyridine rings is 2. The fourth-order valence-electron chi connectivity index (χ4n) is 7.40. The van der Waals surface area contributed by atoms with Crippen molar-refractivity contribution in [3.63, 3.8) is 0 Å². The van der Waals surface area contributed by atoms with E-state index >= 15 is 0 Å². The van der Waals surface area contributed by atoms with Gasteiger partial charge in [-0.05, 0) is 84.2 Å². The third-order valence-electron chi connectivity index (χ3n) is 10.2. The molecule has 53 heavy (non-hydrogen) atoms. The van der Waals surface area contributed by atoms with Crippen LogP contribution in [0, 0.1) is 6.92 Å². The Balaban J connectivity index is 1.000. The van der Waals surface area contributed by atoms with Crippen LogP contribution in [0.5, 0.6) is 11.8 Å². The molecule has 7 rings (SSSR count). The van der Waals surface area contributed by atoms with Crippen molar-refractivity contribution in [3.05, 3.63) is 99.2 Å². The zero-order valence-corrected chi connectivity index (χ0v) is 30.6. The molecule has 0 bridgehead atoms. The molecule has 2 saturated heterocycles. The molecule has 2 aromatic carbocycles. The summed E-state index contributed by atoms with van der Waals surface area (Å²) in [5.41, 5.74) is 7.50. The Hall–Kier alpha value is -5.04. The molecule has 4 heterocycles. The second kappa shape index (κ2) is 16.3. The Bertz CT molecular complexity index is 2010. The average Bonchev–Trinajstić information content (AvgIpc) is 3.89. The van der Waals surface area contributed by atoms with Crippen LogP contribution in [0.15, 0.2) is 60.8 Å². The number of methoxy groups -OCH3 is 1. The molecule has 3 atom stereocenters. The van der Waals surface area contributed by atoms with Gasteiger partial charge in [-0.2, -0.15) is 4.98 Å².